The van der Waals surface area contributed by atoms with Crippen LogP contribution in [0.25, 0.3) is 0 Å². The van der Waals surface area contributed by atoms with Crippen LogP contribution in [-0.4, -0.2) is 24.1 Å². The third-order valence-electron chi connectivity index (χ3n) is 5.04. The van der Waals surface area contributed by atoms with E-state index in [2.05, 4.69) is 10.3 Å². The van der Waals surface area contributed by atoms with Gasteiger partial charge in [-0.2, -0.15) is 0 Å². The first-order chi connectivity index (χ1) is 14.4. The van der Waals surface area contributed by atoms with E-state index in [0.29, 0.717) is 33.4 Å². The second kappa shape index (κ2) is 8.13. The molecule has 0 spiro atoms. The first-order valence-electron chi connectivity index (χ1n) is 9.55. The molecule has 2 amide bonds. The first-order valence-corrected chi connectivity index (χ1v) is 9.93. The molecule has 0 saturated carbocycles. The number of benzene rings is 3. The van der Waals surface area contributed by atoms with Crippen LogP contribution in [0.3, 0.4) is 0 Å². The van der Waals surface area contributed by atoms with Crippen molar-refractivity contribution in [3.05, 3.63) is 88.4 Å². The molecule has 0 saturated heterocycles. The minimum atomic E-state index is -0.314. The molecule has 0 fully saturated rings. The Morgan fingerprint density at radius 1 is 1.00 bits per heavy atom. The Hall–Kier alpha value is -3.44. The number of fused-ring (bicyclic) bond motifs is 1. The Bertz CT molecular complexity index is 1190. The van der Waals surface area contributed by atoms with Crippen molar-refractivity contribution in [2.24, 2.45) is 4.99 Å². The monoisotopic (exact) mass is 417 g/mol. The third kappa shape index (κ3) is 3.98. The summed E-state index contributed by atoms with van der Waals surface area (Å²) in [5.41, 5.74) is 5.19. The number of hydrogen-bond acceptors (Lipinski definition) is 3. The molecule has 1 aliphatic heterocycles. The van der Waals surface area contributed by atoms with Gasteiger partial charge >= 0.3 is 0 Å². The zero-order chi connectivity index (χ0) is 21.3. The Morgan fingerprint density at radius 3 is 2.57 bits per heavy atom. The molecule has 0 aliphatic carbocycles. The van der Waals surface area contributed by atoms with Crippen LogP contribution in [0.5, 0.6) is 0 Å². The van der Waals surface area contributed by atoms with Crippen molar-refractivity contribution in [1.82, 2.24) is 0 Å². The molecule has 1 heterocycles. The highest BCUT2D eigenvalue weighted by Gasteiger charge is 2.34. The fraction of sp³-hybridized carbons (Fsp3) is 0.125. The van der Waals surface area contributed by atoms with E-state index in [-0.39, 0.29) is 18.4 Å². The van der Waals surface area contributed by atoms with Crippen LogP contribution >= 0.6 is 11.6 Å². The van der Waals surface area contributed by atoms with E-state index in [9.17, 15) is 9.59 Å². The maximum atomic E-state index is 13.1. The third-order valence-corrected chi connectivity index (χ3v) is 5.27. The number of carbonyl (C=O) groups excluding carboxylic acids is 2. The average molecular weight is 418 g/mol. The smallest absolute Gasteiger partial charge is 0.278 e. The lowest BCUT2D eigenvalue weighted by atomic mass is 10.1. The molecule has 0 atom stereocenters. The standard InChI is InChI=1S/C24H20ClN3O2/c1-15-10-11-19(12-16(15)2)26-22(29)14-28-21-9-4-3-8-20(21)23(24(28)30)27-18-7-5-6-17(25)13-18/h3-13H,14H2,1-2H3,(H,26,29). The molecule has 0 unspecified atom stereocenters. The largest absolute Gasteiger partial charge is 0.325 e. The van der Waals surface area contributed by atoms with E-state index in [4.69, 9.17) is 11.6 Å². The lowest BCUT2D eigenvalue weighted by Crippen LogP contribution is -2.37. The van der Waals surface area contributed by atoms with Crippen molar-refractivity contribution in [2.75, 3.05) is 16.8 Å². The molecule has 3 aromatic rings. The van der Waals surface area contributed by atoms with E-state index in [1.165, 1.54) is 4.90 Å². The molecule has 0 radical (unpaired) electrons. The van der Waals surface area contributed by atoms with Gasteiger partial charge in [-0.1, -0.05) is 41.9 Å². The highest BCUT2D eigenvalue weighted by Crippen LogP contribution is 2.31. The average Bonchev–Trinajstić information content (AvgIpc) is 2.97. The quantitative estimate of drug-likeness (QED) is 0.644. The molecule has 1 aliphatic rings. The van der Waals surface area contributed by atoms with Gasteiger partial charge in [0.15, 0.2) is 0 Å². The van der Waals surface area contributed by atoms with E-state index in [0.717, 1.165) is 11.1 Å². The minimum Gasteiger partial charge on any atom is -0.325 e. The fourth-order valence-corrected chi connectivity index (χ4v) is 3.55. The maximum Gasteiger partial charge on any atom is 0.278 e. The summed E-state index contributed by atoms with van der Waals surface area (Å²) in [6, 6.07) is 20.1. The zero-order valence-electron chi connectivity index (χ0n) is 16.6. The lowest BCUT2D eigenvalue weighted by molar-refractivity contribution is -0.118. The molecule has 30 heavy (non-hydrogen) atoms. The number of amides is 2. The number of rotatable bonds is 4. The molecular formula is C24H20ClN3O2. The predicted octanol–water partition coefficient (Wildman–Crippen LogP) is 5.06. The molecule has 6 heteroatoms. The van der Waals surface area contributed by atoms with Gasteiger partial charge in [0.05, 0.1) is 11.4 Å². The van der Waals surface area contributed by atoms with Gasteiger partial charge in [0.1, 0.15) is 12.3 Å². The number of aliphatic imine (C=N–C) groups is 1. The summed E-state index contributed by atoms with van der Waals surface area (Å²) in [7, 11) is 0. The van der Waals surface area contributed by atoms with Crippen molar-refractivity contribution in [2.45, 2.75) is 13.8 Å². The molecule has 150 valence electrons. The van der Waals surface area contributed by atoms with Crippen LogP contribution in [0, 0.1) is 13.8 Å². The van der Waals surface area contributed by atoms with Crippen LogP contribution in [-0.2, 0) is 9.59 Å². The van der Waals surface area contributed by atoms with Crippen LogP contribution < -0.4 is 10.2 Å². The Morgan fingerprint density at radius 2 is 1.80 bits per heavy atom. The number of hydrogen-bond donors (Lipinski definition) is 1. The lowest BCUT2D eigenvalue weighted by Gasteiger charge is -2.16. The number of para-hydroxylation sites is 1. The summed E-state index contributed by atoms with van der Waals surface area (Å²) in [5, 5.41) is 3.41. The Kier molecular flexibility index (Phi) is 5.38. The summed E-state index contributed by atoms with van der Waals surface area (Å²) >= 11 is 6.04. The van der Waals surface area contributed by atoms with Gasteiger partial charge in [-0.3, -0.25) is 14.5 Å². The number of carbonyl (C=O) groups is 2. The molecule has 1 N–H and O–H groups in total. The first kappa shape index (κ1) is 19.9. The Labute approximate surface area is 180 Å². The van der Waals surface area contributed by atoms with Crippen molar-refractivity contribution in [1.29, 1.82) is 0 Å². The molecule has 4 rings (SSSR count). The summed E-state index contributed by atoms with van der Waals surface area (Å²) < 4.78 is 0. The van der Waals surface area contributed by atoms with E-state index < -0.39 is 0 Å². The molecule has 0 aromatic heterocycles. The SMILES string of the molecule is Cc1ccc(NC(=O)CN2C(=O)C(=Nc3cccc(Cl)c3)c3ccccc32)cc1C. The molecule has 0 bridgehead atoms. The van der Waals surface area contributed by atoms with E-state index >= 15 is 0 Å². The highest BCUT2D eigenvalue weighted by atomic mass is 35.5. The van der Waals surface area contributed by atoms with Crippen LogP contribution in [0.15, 0.2) is 71.7 Å². The van der Waals surface area contributed by atoms with E-state index in [1.54, 1.807) is 24.3 Å². The second-order valence-electron chi connectivity index (χ2n) is 7.20. The van der Waals surface area contributed by atoms with Gasteiger partial charge in [-0.15, -0.1) is 0 Å². The number of nitrogens with zero attached hydrogens (tertiary/aromatic N) is 2. The summed E-state index contributed by atoms with van der Waals surface area (Å²) in [5.74, 6) is -0.586. The number of anilines is 2. The zero-order valence-corrected chi connectivity index (χ0v) is 17.4. The maximum absolute atomic E-state index is 13.1. The van der Waals surface area contributed by atoms with Gasteiger partial charge < -0.3 is 5.32 Å². The van der Waals surface area contributed by atoms with Gasteiger partial charge in [-0.05, 0) is 61.4 Å². The molecule has 3 aromatic carbocycles. The van der Waals surface area contributed by atoms with Crippen molar-refractivity contribution >= 4 is 46.2 Å². The second-order valence-corrected chi connectivity index (χ2v) is 7.63. The van der Waals surface area contributed by atoms with Gasteiger partial charge in [-0.25, -0.2) is 4.99 Å². The van der Waals surface area contributed by atoms with E-state index in [1.807, 2.05) is 56.3 Å². The van der Waals surface area contributed by atoms with Gasteiger partial charge in [0.25, 0.3) is 5.91 Å². The molecule has 5 nitrogen and oxygen atoms in total. The number of halogens is 1. The van der Waals surface area contributed by atoms with Gasteiger partial charge in [0, 0.05) is 16.3 Å². The topological polar surface area (TPSA) is 61.8 Å². The fourth-order valence-electron chi connectivity index (χ4n) is 3.36. The van der Waals surface area contributed by atoms with Crippen LogP contribution in [0.4, 0.5) is 17.1 Å². The number of aryl methyl sites for hydroxylation is 2. The predicted molar refractivity (Wildman–Crippen MR) is 121 cm³/mol. The summed E-state index contributed by atoms with van der Waals surface area (Å²) in [6.07, 6.45) is 0. The molecular weight excluding hydrogens is 398 g/mol. The Balaban J connectivity index is 1.60. The van der Waals surface area contributed by atoms with Crippen molar-refractivity contribution < 1.29 is 9.59 Å². The summed E-state index contributed by atoms with van der Waals surface area (Å²) in [4.78, 5) is 31.8. The van der Waals surface area contributed by atoms with Crippen molar-refractivity contribution in [3.63, 3.8) is 0 Å². The highest BCUT2D eigenvalue weighted by molar-refractivity contribution is 6.55. The van der Waals surface area contributed by atoms with Crippen LogP contribution in [0.2, 0.25) is 5.02 Å². The van der Waals surface area contributed by atoms with Crippen molar-refractivity contribution in [3.8, 4) is 0 Å². The number of nitrogens with one attached hydrogen (secondary N) is 1. The van der Waals surface area contributed by atoms with Gasteiger partial charge in [0.2, 0.25) is 5.91 Å². The summed E-state index contributed by atoms with van der Waals surface area (Å²) in [6.45, 7) is 3.91. The normalized spacial score (nSPS) is 14.2. The van der Waals surface area contributed by atoms with Crippen LogP contribution in [0.1, 0.15) is 16.7 Å². The minimum absolute atomic E-state index is 0.0999.